The molecule has 0 fully saturated rings. The second-order valence-corrected chi connectivity index (χ2v) is 7.21. The zero-order valence-electron chi connectivity index (χ0n) is 16.2. The summed E-state index contributed by atoms with van der Waals surface area (Å²) < 4.78 is 1.59. The van der Waals surface area contributed by atoms with Crippen LogP contribution in [0.3, 0.4) is 0 Å². The smallest absolute Gasteiger partial charge is 0.336 e. The van der Waals surface area contributed by atoms with Gasteiger partial charge in [-0.2, -0.15) is 5.10 Å². The van der Waals surface area contributed by atoms with Crippen LogP contribution in [0.15, 0.2) is 42.6 Å². The number of benzene rings is 2. The lowest BCUT2D eigenvalue weighted by atomic mass is 9.93. The first-order valence-electron chi connectivity index (χ1n) is 9.06. The summed E-state index contributed by atoms with van der Waals surface area (Å²) in [6.07, 6.45) is 1.51. The first-order chi connectivity index (χ1) is 14.2. The van der Waals surface area contributed by atoms with Gasteiger partial charge in [-0.05, 0) is 34.9 Å². The molecule has 5 N–H and O–H groups in total. The Bertz CT molecular complexity index is 1270. The molecule has 1 aliphatic rings. The minimum Gasteiger partial charge on any atom is -0.478 e. The molecule has 0 bridgehead atoms. The number of hydrogen-bond donors (Lipinski definition) is 3. The Morgan fingerprint density at radius 3 is 2.70 bits per heavy atom. The average molecular weight is 405 g/mol. The number of carbonyl (C=O) groups is 3. The highest BCUT2D eigenvalue weighted by atomic mass is 16.4. The Morgan fingerprint density at radius 2 is 2.03 bits per heavy atom. The van der Waals surface area contributed by atoms with E-state index in [4.69, 9.17) is 11.5 Å². The molecule has 9 nitrogen and oxygen atoms in total. The van der Waals surface area contributed by atoms with E-state index in [1.165, 1.54) is 11.1 Å². The van der Waals surface area contributed by atoms with E-state index in [1.807, 2.05) is 6.07 Å². The van der Waals surface area contributed by atoms with Crippen LogP contribution in [-0.2, 0) is 18.4 Å². The molecule has 9 heteroatoms. The van der Waals surface area contributed by atoms with Crippen molar-refractivity contribution in [1.82, 2.24) is 14.7 Å². The normalized spacial score (nSPS) is 13.0. The van der Waals surface area contributed by atoms with Gasteiger partial charge in [0.2, 0.25) is 5.91 Å². The number of aromatic nitrogens is 2. The predicted molar refractivity (Wildman–Crippen MR) is 111 cm³/mol. The number of aryl methyl sites for hydroxylation is 1. The maximum absolute atomic E-state index is 12.9. The molecule has 0 atom stereocenters. The number of carboxylic acids is 1. The maximum atomic E-state index is 12.9. The van der Waals surface area contributed by atoms with Gasteiger partial charge in [-0.1, -0.05) is 12.6 Å². The summed E-state index contributed by atoms with van der Waals surface area (Å²) in [6.45, 7) is 3.80. The van der Waals surface area contributed by atoms with Gasteiger partial charge in [-0.3, -0.25) is 14.3 Å². The molecule has 152 valence electrons. The Hall–Kier alpha value is -4.14. The largest absolute Gasteiger partial charge is 0.478 e. The third-order valence-electron chi connectivity index (χ3n) is 5.33. The van der Waals surface area contributed by atoms with Crippen LogP contribution in [0, 0.1) is 0 Å². The molecule has 3 aromatic rings. The van der Waals surface area contributed by atoms with E-state index >= 15 is 0 Å². The summed E-state index contributed by atoms with van der Waals surface area (Å²) in [5.74, 6) is -2.08. The van der Waals surface area contributed by atoms with Crippen molar-refractivity contribution in [2.75, 3.05) is 12.3 Å². The summed E-state index contributed by atoms with van der Waals surface area (Å²) >= 11 is 0. The van der Waals surface area contributed by atoms with Gasteiger partial charge in [-0.15, -0.1) is 0 Å². The van der Waals surface area contributed by atoms with Crippen molar-refractivity contribution in [3.05, 3.63) is 59.3 Å². The number of anilines is 1. The number of hydrogen-bond acceptors (Lipinski definition) is 5. The first kappa shape index (κ1) is 19.2. The van der Waals surface area contributed by atoms with Crippen LogP contribution < -0.4 is 11.5 Å². The van der Waals surface area contributed by atoms with Crippen LogP contribution in [0.1, 0.15) is 26.3 Å². The lowest BCUT2D eigenvalue weighted by molar-refractivity contribution is -0.114. The van der Waals surface area contributed by atoms with Crippen LogP contribution in [0.5, 0.6) is 0 Å². The number of nitrogen functional groups attached to an aromatic ring is 1. The van der Waals surface area contributed by atoms with Crippen molar-refractivity contribution in [3.8, 4) is 11.1 Å². The number of fused-ring (bicyclic) bond motifs is 2. The van der Waals surface area contributed by atoms with Crippen molar-refractivity contribution in [1.29, 1.82) is 0 Å². The van der Waals surface area contributed by atoms with Crippen LogP contribution in [0.2, 0.25) is 0 Å². The molecule has 0 aliphatic carbocycles. The van der Waals surface area contributed by atoms with Crippen molar-refractivity contribution in [2.45, 2.75) is 6.54 Å². The summed E-state index contributed by atoms with van der Waals surface area (Å²) in [4.78, 5) is 37.5. The highest BCUT2D eigenvalue weighted by Crippen LogP contribution is 2.38. The number of primary amides is 1. The van der Waals surface area contributed by atoms with Crippen LogP contribution >= 0.6 is 0 Å². The summed E-state index contributed by atoms with van der Waals surface area (Å²) in [5.41, 5.74) is 14.8. The molecule has 2 aromatic carbocycles. The van der Waals surface area contributed by atoms with Crippen LogP contribution in [-0.4, -0.2) is 44.1 Å². The van der Waals surface area contributed by atoms with Gasteiger partial charge in [0.25, 0.3) is 5.91 Å². The van der Waals surface area contributed by atoms with E-state index < -0.39 is 11.9 Å². The van der Waals surface area contributed by atoms with Crippen LogP contribution in [0.4, 0.5) is 5.69 Å². The Labute approximate surface area is 171 Å². The highest BCUT2D eigenvalue weighted by Gasteiger charge is 2.32. The lowest BCUT2D eigenvalue weighted by Gasteiger charge is -2.16. The molecule has 30 heavy (non-hydrogen) atoms. The molecule has 2 amide bonds. The van der Waals surface area contributed by atoms with Gasteiger partial charge < -0.3 is 21.5 Å². The van der Waals surface area contributed by atoms with E-state index in [0.29, 0.717) is 38.8 Å². The van der Waals surface area contributed by atoms with E-state index in [9.17, 15) is 19.5 Å². The quantitative estimate of drug-likeness (QED) is 0.433. The molecule has 0 saturated carbocycles. The van der Waals surface area contributed by atoms with Crippen LogP contribution in [0.25, 0.3) is 22.0 Å². The van der Waals surface area contributed by atoms with Gasteiger partial charge in [-0.25, -0.2) is 4.79 Å². The average Bonchev–Trinajstić information content (AvgIpc) is 3.22. The standard InChI is InChI=1S/C21H19N5O4/c1-10(19(23)27)8-26-9-15-12(3-4-16(22)18(15)20(26)28)11-5-13(21(29)30)14-7-24-25(2)17(14)6-11/h3-7H,1,8-9,22H2,2H3,(H2,23,27)(H,29,30). The third kappa shape index (κ3) is 2.87. The van der Waals surface area contributed by atoms with E-state index in [0.717, 1.165) is 0 Å². The van der Waals surface area contributed by atoms with Crippen molar-refractivity contribution in [3.63, 3.8) is 0 Å². The molecular weight excluding hydrogens is 386 g/mol. The first-order valence-corrected chi connectivity index (χ1v) is 9.06. The molecule has 2 heterocycles. The van der Waals surface area contributed by atoms with E-state index in [1.54, 1.807) is 29.9 Å². The SMILES string of the molecule is C=C(CN1Cc2c(-c3cc(C(=O)O)c4cnn(C)c4c3)ccc(N)c2C1=O)C(N)=O. The van der Waals surface area contributed by atoms with Gasteiger partial charge in [0.1, 0.15) is 0 Å². The molecule has 0 saturated heterocycles. The minimum absolute atomic E-state index is 0.0110. The van der Waals surface area contributed by atoms with Gasteiger partial charge in [0, 0.05) is 30.2 Å². The van der Waals surface area contributed by atoms with Crippen molar-refractivity contribution < 1.29 is 19.5 Å². The molecule has 0 spiro atoms. The number of nitrogens with zero attached hydrogens (tertiary/aromatic N) is 3. The number of aromatic carboxylic acids is 1. The zero-order valence-corrected chi connectivity index (χ0v) is 16.2. The highest BCUT2D eigenvalue weighted by molar-refractivity contribution is 6.08. The maximum Gasteiger partial charge on any atom is 0.336 e. The molecule has 4 rings (SSSR count). The summed E-state index contributed by atoms with van der Waals surface area (Å²) in [5, 5.41) is 14.3. The number of carboxylic acid groups (broad SMARTS) is 1. The van der Waals surface area contributed by atoms with E-state index in [2.05, 4.69) is 11.7 Å². The summed E-state index contributed by atoms with van der Waals surface area (Å²) in [6, 6.07) is 6.77. The Morgan fingerprint density at radius 1 is 1.30 bits per heavy atom. The number of amides is 2. The van der Waals surface area contributed by atoms with Gasteiger partial charge in [0.15, 0.2) is 0 Å². The van der Waals surface area contributed by atoms with E-state index in [-0.39, 0.29) is 30.1 Å². The fourth-order valence-corrected chi connectivity index (χ4v) is 3.79. The van der Waals surface area contributed by atoms with Gasteiger partial charge >= 0.3 is 5.97 Å². The van der Waals surface area contributed by atoms with Crippen molar-refractivity contribution >= 4 is 34.4 Å². The zero-order chi connectivity index (χ0) is 21.7. The van der Waals surface area contributed by atoms with Crippen molar-refractivity contribution in [2.24, 2.45) is 12.8 Å². The number of nitrogens with two attached hydrogens (primary N) is 2. The topological polar surface area (TPSA) is 145 Å². The Balaban J connectivity index is 1.87. The second kappa shape index (κ2) is 6.73. The second-order valence-electron chi connectivity index (χ2n) is 7.21. The monoisotopic (exact) mass is 405 g/mol. The minimum atomic E-state index is -1.07. The molecule has 1 aliphatic heterocycles. The third-order valence-corrected chi connectivity index (χ3v) is 5.33. The number of rotatable bonds is 5. The molecule has 0 radical (unpaired) electrons. The molecule has 1 aromatic heterocycles. The lowest BCUT2D eigenvalue weighted by Crippen LogP contribution is -2.30. The molecular formula is C21H19N5O4. The number of carbonyl (C=O) groups excluding carboxylic acids is 2. The fourth-order valence-electron chi connectivity index (χ4n) is 3.79. The fraction of sp³-hybridized carbons (Fsp3) is 0.143. The summed E-state index contributed by atoms with van der Waals surface area (Å²) in [7, 11) is 1.73. The molecule has 0 unspecified atom stereocenters. The van der Waals surface area contributed by atoms with Gasteiger partial charge in [0.05, 0.1) is 29.4 Å². The Kier molecular flexibility index (Phi) is 4.30. The predicted octanol–water partition coefficient (Wildman–Crippen LogP) is 1.52.